The minimum Gasteiger partial charge on any atom is -0.462 e. The molecule has 5 rings (SSSR count). The number of carbonyl (C=O) groups excluding carboxylic acids is 1. The highest BCUT2D eigenvalue weighted by molar-refractivity contribution is 5.66. The first-order chi connectivity index (χ1) is 15.7. The van der Waals surface area contributed by atoms with Gasteiger partial charge < -0.3 is 4.74 Å². The van der Waals surface area contributed by atoms with Gasteiger partial charge in [-0.05, 0) is 123 Å². The van der Waals surface area contributed by atoms with Crippen LogP contribution in [0.4, 0.5) is 0 Å². The third kappa shape index (κ3) is 3.08. The normalized spacial score (nSPS) is 51.6. The minimum absolute atomic E-state index is 0.0591. The van der Waals surface area contributed by atoms with Crippen molar-refractivity contribution in [3.63, 3.8) is 0 Å². The van der Waals surface area contributed by atoms with Gasteiger partial charge in [0.05, 0.1) is 0 Å². The molecular formula is C32H52O2. The zero-order valence-corrected chi connectivity index (χ0v) is 23.8. The number of hydrogen-bond acceptors (Lipinski definition) is 2. The van der Waals surface area contributed by atoms with Crippen molar-refractivity contribution in [2.75, 3.05) is 0 Å². The van der Waals surface area contributed by atoms with Crippen LogP contribution in [0, 0.1) is 50.7 Å². The smallest absolute Gasteiger partial charge is 0.302 e. The Balaban J connectivity index is 1.51. The van der Waals surface area contributed by atoms with Gasteiger partial charge in [-0.1, -0.05) is 52.7 Å². The molecule has 5 fully saturated rings. The molecule has 0 amide bonds. The summed E-state index contributed by atoms with van der Waals surface area (Å²) in [4.78, 5) is 11.9. The van der Waals surface area contributed by atoms with Crippen molar-refractivity contribution in [2.24, 2.45) is 50.7 Å². The van der Waals surface area contributed by atoms with Crippen LogP contribution in [-0.4, -0.2) is 12.1 Å². The van der Waals surface area contributed by atoms with Crippen LogP contribution < -0.4 is 0 Å². The van der Waals surface area contributed by atoms with Crippen molar-refractivity contribution in [1.82, 2.24) is 0 Å². The van der Waals surface area contributed by atoms with Gasteiger partial charge in [0.15, 0.2) is 0 Å². The first kappa shape index (κ1) is 24.9. The molecule has 5 aliphatic carbocycles. The summed E-state index contributed by atoms with van der Waals surface area (Å²) in [7, 11) is 0. The van der Waals surface area contributed by atoms with Crippen molar-refractivity contribution in [2.45, 2.75) is 133 Å². The topological polar surface area (TPSA) is 26.3 Å². The van der Waals surface area contributed by atoms with Gasteiger partial charge in [-0.2, -0.15) is 0 Å². The van der Waals surface area contributed by atoms with Crippen LogP contribution in [0.2, 0.25) is 0 Å². The van der Waals surface area contributed by atoms with Crippen molar-refractivity contribution >= 4 is 5.97 Å². The fourth-order valence-electron chi connectivity index (χ4n) is 11.6. The van der Waals surface area contributed by atoms with E-state index in [2.05, 4.69) is 55.4 Å². The van der Waals surface area contributed by atoms with Crippen molar-refractivity contribution in [3.8, 4) is 0 Å². The Morgan fingerprint density at radius 1 is 0.765 bits per heavy atom. The molecule has 2 nitrogen and oxygen atoms in total. The Hall–Kier alpha value is -0.790. The van der Waals surface area contributed by atoms with Crippen LogP contribution in [0.3, 0.4) is 0 Å². The summed E-state index contributed by atoms with van der Waals surface area (Å²) in [5.41, 5.74) is 5.26. The van der Waals surface area contributed by atoms with Gasteiger partial charge in [0, 0.05) is 12.3 Å². The summed E-state index contributed by atoms with van der Waals surface area (Å²) in [6.07, 6.45) is 13.4. The molecule has 0 unspecified atom stereocenters. The molecule has 0 aliphatic heterocycles. The molecule has 0 spiro atoms. The first-order valence-electron chi connectivity index (χ1n) is 14.5. The van der Waals surface area contributed by atoms with Crippen LogP contribution in [0.15, 0.2) is 11.1 Å². The lowest BCUT2D eigenvalue weighted by Gasteiger charge is -2.72. The van der Waals surface area contributed by atoms with E-state index in [1.165, 1.54) is 57.8 Å². The second-order valence-corrected chi connectivity index (χ2v) is 15.3. The lowest BCUT2D eigenvalue weighted by molar-refractivity contribution is -0.245. The maximum atomic E-state index is 11.9. The summed E-state index contributed by atoms with van der Waals surface area (Å²) in [6.45, 7) is 21.9. The van der Waals surface area contributed by atoms with Crippen LogP contribution >= 0.6 is 0 Å². The number of esters is 1. The number of fused-ring (bicyclic) bond motifs is 7. The molecule has 192 valence electrons. The third-order valence-corrected chi connectivity index (χ3v) is 13.5. The molecule has 0 N–H and O–H groups in total. The SMILES string of the molecule is CC(=O)O[C@@H]1CC[C@]2(C)[C@H]3CC[C@@H]4[C@H]5C(=C(C)C)CC[C@]5(C)CC[C@@]4(C)[C@]3(C)CC[C@H]2C1(C)C. The first-order valence-corrected chi connectivity index (χ1v) is 14.5. The van der Waals surface area contributed by atoms with E-state index in [0.717, 1.165) is 24.2 Å². The highest BCUT2D eigenvalue weighted by Gasteiger charge is 2.70. The molecule has 2 heteroatoms. The quantitative estimate of drug-likeness (QED) is 0.284. The van der Waals surface area contributed by atoms with Crippen LogP contribution in [-0.2, 0) is 9.53 Å². The Labute approximate surface area is 210 Å². The monoisotopic (exact) mass is 468 g/mol. The van der Waals surface area contributed by atoms with E-state index in [1.807, 2.05) is 5.57 Å². The highest BCUT2D eigenvalue weighted by atomic mass is 16.5. The largest absolute Gasteiger partial charge is 0.462 e. The van der Waals surface area contributed by atoms with E-state index in [-0.39, 0.29) is 17.5 Å². The van der Waals surface area contributed by atoms with E-state index < -0.39 is 0 Å². The van der Waals surface area contributed by atoms with Gasteiger partial charge in [0.2, 0.25) is 0 Å². The van der Waals surface area contributed by atoms with Gasteiger partial charge in [-0.3, -0.25) is 4.79 Å². The molecule has 0 aromatic rings. The van der Waals surface area contributed by atoms with Gasteiger partial charge in [0.1, 0.15) is 6.10 Å². The Morgan fingerprint density at radius 3 is 2.12 bits per heavy atom. The fourth-order valence-corrected chi connectivity index (χ4v) is 11.6. The molecule has 0 radical (unpaired) electrons. The summed E-state index contributed by atoms with van der Waals surface area (Å²) in [5.74, 6) is 3.00. The average molecular weight is 469 g/mol. The number of carbonyl (C=O) groups is 1. The zero-order valence-electron chi connectivity index (χ0n) is 23.8. The molecule has 0 heterocycles. The standard InChI is InChI=1S/C32H52O2/c1-20(2)22-12-15-29(6)18-19-31(8)23(27(22)29)10-11-25-30(7)16-14-26(34-21(3)33)28(4,5)24(30)13-17-32(25,31)9/h23-27H,10-19H2,1-9H3/t23-,24+,25-,26-,27-,29-,30+,31-,32-/m1/s1. The van der Waals surface area contributed by atoms with Gasteiger partial charge in [-0.25, -0.2) is 0 Å². The van der Waals surface area contributed by atoms with Gasteiger partial charge in [-0.15, -0.1) is 0 Å². The maximum Gasteiger partial charge on any atom is 0.302 e. The van der Waals surface area contributed by atoms with Gasteiger partial charge >= 0.3 is 5.97 Å². The number of allylic oxidation sites excluding steroid dienone is 2. The molecular weight excluding hydrogens is 416 g/mol. The van der Waals surface area contributed by atoms with Crippen molar-refractivity contribution in [1.29, 1.82) is 0 Å². The summed E-state index contributed by atoms with van der Waals surface area (Å²) < 4.78 is 5.92. The molecule has 9 atom stereocenters. The number of rotatable bonds is 1. The van der Waals surface area contributed by atoms with E-state index in [9.17, 15) is 4.79 Å². The van der Waals surface area contributed by atoms with Crippen LogP contribution in [0.5, 0.6) is 0 Å². The lowest BCUT2D eigenvalue weighted by Crippen LogP contribution is -2.66. The van der Waals surface area contributed by atoms with E-state index in [4.69, 9.17) is 4.74 Å². The summed E-state index contributed by atoms with van der Waals surface area (Å²) >= 11 is 0. The molecule has 5 saturated carbocycles. The fraction of sp³-hybridized carbons (Fsp3) is 0.906. The average Bonchev–Trinajstić information content (AvgIpc) is 3.08. The molecule has 34 heavy (non-hydrogen) atoms. The van der Waals surface area contributed by atoms with Gasteiger partial charge in [0.25, 0.3) is 0 Å². The number of hydrogen-bond donors (Lipinski definition) is 0. The van der Waals surface area contributed by atoms with E-state index in [0.29, 0.717) is 27.6 Å². The van der Waals surface area contributed by atoms with Crippen molar-refractivity contribution < 1.29 is 9.53 Å². The third-order valence-electron chi connectivity index (χ3n) is 13.5. The zero-order chi connectivity index (χ0) is 24.9. The van der Waals surface area contributed by atoms with Crippen molar-refractivity contribution in [3.05, 3.63) is 11.1 Å². The molecule has 0 aromatic heterocycles. The molecule has 0 bridgehead atoms. The lowest BCUT2D eigenvalue weighted by atomic mass is 9.32. The van der Waals surface area contributed by atoms with E-state index >= 15 is 0 Å². The maximum absolute atomic E-state index is 11.9. The second kappa shape index (κ2) is 7.61. The van der Waals surface area contributed by atoms with E-state index in [1.54, 1.807) is 12.5 Å². The Morgan fingerprint density at radius 2 is 1.47 bits per heavy atom. The second-order valence-electron chi connectivity index (χ2n) is 15.3. The van der Waals surface area contributed by atoms with Crippen LogP contribution in [0.25, 0.3) is 0 Å². The minimum atomic E-state index is -0.104. The predicted molar refractivity (Wildman–Crippen MR) is 140 cm³/mol. The Kier molecular flexibility index (Phi) is 5.57. The van der Waals surface area contributed by atoms with Crippen LogP contribution in [0.1, 0.15) is 127 Å². The number of ether oxygens (including phenoxy) is 1. The summed E-state index contributed by atoms with van der Waals surface area (Å²) in [5, 5.41) is 0. The molecule has 0 aromatic carbocycles. The summed E-state index contributed by atoms with van der Waals surface area (Å²) in [6, 6.07) is 0. The molecule has 0 saturated heterocycles. The Bertz CT molecular complexity index is 895. The predicted octanol–water partition coefficient (Wildman–Crippen LogP) is 8.74. The highest BCUT2D eigenvalue weighted by Crippen LogP contribution is 2.77. The molecule has 5 aliphatic rings.